The molecule has 4 heterocycles. The number of carbonyl (C=O) groups excluding carboxylic acids is 1. The molecule has 208 valence electrons. The number of aromatic nitrogens is 7. The van der Waals surface area contributed by atoms with Crippen LogP contribution in [0.5, 0.6) is 11.5 Å². The van der Waals surface area contributed by atoms with Gasteiger partial charge < -0.3 is 19.9 Å². The molecular formula is C29H30N10O2. The maximum Gasteiger partial charge on any atom is 0.246 e. The first-order valence-electron chi connectivity index (χ1n) is 13.3. The minimum Gasteiger partial charge on any atom is -0.457 e. The first kappa shape index (κ1) is 26.1. The highest BCUT2D eigenvalue weighted by Gasteiger charge is 2.33. The van der Waals surface area contributed by atoms with E-state index in [9.17, 15) is 4.79 Å². The van der Waals surface area contributed by atoms with E-state index in [-0.39, 0.29) is 18.0 Å². The molecule has 1 amide bonds. The third-order valence-corrected chi connectivity index (χ3v) is 7.24. The SMILES string of the molecule is C=CC(=O)N1[C@H](C)CN(c2ncc3ncnc(Nc4ccc(Oc5ccc6c(c5)nnn6C)c(C)c4)c3n2)C[C@H]1C. The van der Waals surface area contributed by atoms with Crippen LogP contribution in [0.4, 0.5) is 17.5 Å². The van der Waals surface area contributed by atoms with Gasteiger partial charge in [0.2, 0.25) is 11.9 Å². The molecule has 1 fully saturated rings. The lowest BCUT2D eigenvalue weighted by molar-refractivity contribution is -0.130. The number of nitrogens with zero attached hydrogens (tertiary/aromatic N) is 9. The summed E-state index contributed by atoms with van der Waals surface area (Å²) in [7, 11) is 1.86. The lowest BCUT2D eigenvalue weighted by Gasteiger charge is -2.44. The summed E-state index contributed by atoms with van der Waals surface area (Å²) in [5, 5.41) is 11.6. The summed E-state index contributed by atoms with van der Waals surface area (Å²) >= 11 is 0. The zero-order valence-electron chi connectivity index (χ0n) is 23.3. The van der Waals surface area contributed by atoms with Crippen LogP contribution in [0.3, 0.4) is 0 Å². The Kier molecular flexibility index (Phi) is 6.66. The molecule has 6 rings (SSSR count). The smallest absolute Gasteiger partial charge is 0.246 e. The van der Waals surface area contributed by atoms with E-state index in [0.717, 1.165) is 28.0 Å². The van der Waals surface area contributed by atoms with Gasteiger partial charge in [0.15, 0.2) is 5.82 Å². The predicted octanol–water partition coefficient (Wildman–Crippen LogP) is 4.16. The normalized spacial score (nSPS) is 17.2. The number of hydrogen-bond donors (Lipinski definition) is 1. The van der Waals surface area contributed by atoms with Crippen LogP contribution in [-0.4, -0.2) is 70.9 Å². The number of piperazine rings is 1. The molecule has 1 aliphatic heterocycles. The van der Waals surface area contributed by atoms with E-state index >= 15 is 0 Å². The van der Waals surface area contributed by atoms with E-state index in [2.05, 4.69) is 42.1 Å². The average molecular weight is 551 g/mol. The fraction of sp³-hybridized carbons (Fsp3) is 0.276. The van der Waals surface area contributed by atoms with Gasteiger partial charge in [-0.3, -0.25) is 4.79 Å². The van der Waals surface area contributed by atoms with Gasteiger partial charge in [-0.15, -0.1) is 5.10 Å². The Labute approximate surface area is 236 Å². The summed E-state index contributed by atoms with van der Waals surface area (Å²) in [5.74, 6) is 2.49. The number of fused-ring (bicyclic) bond motifs is 2. The van der Waals surface area contributed by atoms with Crippen LogP contribution in [0.1, 0.15) is 19.4 Å². The van der Waals surface area contributed by atoms with Crippen LogP contribution >= 0.6 is 0 Å². The highest BCUT2D eigenvalue weighted by molar-refractivity contribution is 5.88. The van der Waals surface area contributed by atoms with E-state index in [1.54, 1.807) is 10.9 Å². The molecule has 0 bridgehead atoms. The lowest BCUT2D eigenvalue weighted by atomic mass is 10.1. The molecule has 2 atom stereocenters. The first-order chi connectivity index (χ1) is 19.8. The van der Waals surface area contributed by atoms with Gasteiger partial charge in [0.05, 0.1) is 11.7 Å². The maximum absolute atomic E-state index is 12.3. The predicted molar refractivity (Wildman–Crippen MR) is 156 cm³/mol. The molecule has 12 nitrogen and oxygen atoms in total. The minimum absolute atomic E-state index is 0.0144. The standard InChI is InChI=1S/C29H30N10O2/c1-6-26(40)39-18(3)14-38(15-19(39)4)29-30-13-23-27(34-29)28(32-16-31-23)33-20-7-10-25(17(2)11-20)41-21-8-9-24-22(12-21)35-36-37(24)5/h6-13,16,18-19H,1,14-15H2,2-5H3,(H,31,32,33)/t18-,19-/m1/s1. The Morgan fingerprint density at radius 2 is 1.88 bits per heavy atom. The summed E-state index contributed by atoms with van der Waals surface area (Å²) in [5.41, 5.74) is 4.72. The van der Waals surface area contributed by atoms with Gasteiger partial charge in [-0.25, -0.2) is 24.6 Å². The first-order valence-corrected chi connectivity index (χ1v) is 13.3. The van der Waals surface area contributed by atoms with E-state index in [4.69, 9.17) is 9.72 Å². The Morgan fingerprint density at radius 3 is 2.63 bits per heavy atom. The fourth-order valence-corrected chi connectivity index (χ4v) is 5.30. The molecule has 0 aliphatic carbocycles. The van der Waals surface area contributed by atoms with Crippen molar-refractivity contribution in [2.24, 2.45) is 7.05 Å². The number of nitrogens with one attached hydrogen (secondary N) is 1. The number of rotatable bonds is 6. The van der Waals surface area contributed by atoms with Gasteiger partial charge in [0.25, 0.3) is 0 Å². The number of carbonyl (C=O) groups is 1. The molecule has 0 saturated carbocycles. The quantitative estimate of drug-likeness (QED) is 0.308. The molecule has 0 radical (unpaired) electrons. The summed E-state index contributed by atoms with van der Waals surface area (Å²) in [6, 6.07) is 11.5. The molecule has 41 heavy (non-hydrogen) atoms. The van der Waals surface area contributed by atoms with Gasteiger partial charge in [-0.2, -0.15) is 0 Å². The van der Waals surface area contributed by atoms with Gasteiger partial charge >= 0.3 is 0 Å². The lowest BCUT2D eigenvalue weighted by Crippen LogP contribution is -2.58. The zero-order chi connectivity index (χ0) is 28.7. The van der Waals surface area contributed by atoms with Crippen molar-refractivity contribution in [3.8, 4) is 11.5 Å². The molecule has 0 unspecified atom stereocenters. The van der Waals surface area contributed by atoms with E-state index in [1.165, 1.54) is 12.4 Å². The number of ether oxygens (including phenoxy) is 1. The maximum atomic E-state index is 12.3. The molecule has 1 N–H and O–H groups in total. The number of hydrogen-bond acceptors (Lipinski definition) is 10. The minimum atomic E-state index is -0.0674. The number of aryl methyl sites for hydroxylation is 2. The fourth-order valence-electron chi connectivity index (χ4n) is 5.30. The molecule has 0 spiro atoms. The van der Waals surface area contributed by atoms with Crippen molar-refractivity contribution < 1.29 is 9.53 Å². The molecular weight excluding hydrogens is 520 g/mol. The van der Waals surface area contributed by atoms with Crippen molar-refractivity contribution >= 4 is 45.4 Å². The van der Waals surface area contributed by atoms with Crippen molar-refractivity contribution in [1.82, 2.24) is 39.8 Å². The van der Waals surface area contributed by atoms with Crippen molar-refractivity contribution in [3.63, 3.8) is 0 Å². The van der Waals surface area contributed by atoms with Gasteiger partial charge in [-0.05, 0) is 62.7 Å². The number of anilines is 3. The number of amides is 1. The van der Waals surface area contributed by atoms with Gasteiger partial charge in [0, 0.05) is 44.0 Å². The van der Waals surface area contributed by atoms with Crippen LogP contribution in [-0.2, 0) is 11.8 Å². The van der Waals surface area contributed by atoms with Crippen LogP contribution in [0.15, 0.2) is 61.6 Å². The summed E-state index contributed by atoms with van der Waals surface area (Å²) in [6.07, 6.45) is 4.56. The van der Waals surface area contributed by atoms with E-state index in [0.29, 0.717) is 41.6 Å². The zero-order valence-corrected chi connectivity index (χ0v) is 23.3. The highest BCUT2D eigenvalue weighted by Crippen LogP contribution is 2.31. The van der Waals surface area contributed by atoms with Gasteiger partial charge in [0.1, 0.15) is 34.4 Å². The van der Waals surface area contributed by atoms with Crippen LogP contribution in [0.2, 0.25) is 0 Å². The Hall–Kier alpha value is -5.13. The second-order valence-corrected chi connectivity index (χ2v) is 10.2. The van der Waals surface area contributed by atoms with Crippen LogP contribution in [0.25, 0.3) is 22.1 Å². The molecule has 12 heteroatoms. The number of benzene rings is 2. The second-order valence-electron chi connectivity index (χ2n) is 10.2. The van der Waals surface area contributed by atoms with Crippen molar-refractivity contribution in [2.75, 3.05) is 23.3 Å². The molecule has 1 aliphatic rings. The highest BCUT2D eigenvalue weighted by atomic mass is 16.5. The van der Waals surface area contributed by atoms with Crippen molar-refractivity contribution in [3.05, 3.63) is 67.1 Å². The summed E-state index contributed by atoms with van der Waals surface area (Å²) in [6.45, 7) is 10.9. The molecule has 3 aromatic heterocycles. The van der Waals surface area contributed by atoms with Crippen LogP contribution < -0.4 is 15.0 Å². The summed E-state index contributed by atoms with van der Waals surface area (Å²) in [4.78, 5) is 34.5. The largest absolute Gasteiger partial charge is 0.457 e. The third kappa shape index (κ3) is 4.99. The topological polar surface area (TPSA) is 127 Å². The Morgan fingerprint density at radius 1 is 1.07 bits per heavy atom. The molecule has 2 aromatic carbocycles. The molecule has 5 aromatic rings. The second kappa shape index (κ2) is 10.5. The average Bonchev–Trinajstić information content (AvgIpc) is 3.33. The molecule has 1 saturated heterocycles. The van der Waals surface area contributed by atoms with E-state index in [1.807, 2.05) is 69.1 Å². The van der Waals surface area contributed by atoms with Crippen molar-refractivity contribution in [1.29, 1.82) is 0 Å². The Bertz CT molecular complexity index is 1770. The van der Waals surface area contributed by atoms with E-state index < -0.39 is 0 Å². The monoisotopic (exact) mass is 550 g/mol. The van der Waals surface area contributed by atoms with Gasteiger partial charge in [-0.1, -0.05) is 11.8 Å². The summed E-state index contributed by atoms with van der Waals surface area (Å²) < 4.78 is 7.87. The third-order valence-electron chi connectivity index (χ3n) is 7.24. The van der Waals surface area contributed by atoms with Crippen molar-refractivity contribution in [2.45, 2.75) is 32.9 Å². The van der Waals surface area contributed by atoms with Crippen LogP contribution in [0, 0.1) is 6.92 Å². The Balaban J connectivity index is 1.23.